The molecule has 0 aliphatic carbocycles. The number of nitrogens with one attached hydrogen (secondary N) is 1. The van der Waals surface area contributed by atoms with Crippen molar-refractivity contribution < 1.29 is 4.79 Å². The molecule has 1 aliphatic heterocycles. The van der Waals surface area contributed by atoms with Crippen molar-refractivity contribution in [2.24, 2.45) is 0 Å². The predicted molar refractivity (Wildman–Crippen MR) is 129 cm³/mol. The molecular formula is C25H25ClN2OS. The number of benzene rings is 3. The minimum Gasteiger partial charge on any atom is -0.370 e. The van der Waals surface area contributed by atoms with Gasteiger partial charge in [-0.25, -0.2) is 0 Å². The van der Waals surface area contributed by atoms with E-state index < -0.39 is 0 Å². The molecule has 0 bridgehead atoms. The first-order valence-electron chi connectivity index (χ1n) is 10.3. The topological polar surface area (TPSA) is 32.3 Å². The van der Waals surface area contributed by atoms with Gasteiger partial charge in [-0.05, 0) is 42.2 Å². The number of nitrogens with zero attached hydrogens (tertiary/aromatic N) is 1. The number of halogens is 1. The van der Waals surface area contributed by atoms with E-state index in [0.717, 1.165) is 24.5 Å². The molecule has 154 valence electrons. The molecule has 0 unspecified atom stereocenters. The maximum absolute atomic E-state index is 12.9. The summed E-state index contributed by atoms with van der Waals surface area (Å²) in [6.07, 6.45) is 2.36. The van der Waals surface area contributed by atoms with E-state index in [1.807, 2.05) is 54.6 Å². The maximum atomic E-state index is 12.9. The molecule has 1 amide bonds. The fourth-order valence-corrected chi connectivity index (χ4v) is 5.09. The average molecular weight is 437 g/mol. The van der Waals surface area contributed by atoms with E-state index in [0.29, 0.717) is 10.8 Å². The molecule has 0 aromatic heterocycles. The summed E-state index contributed by atoms with van der Waals surface area (Å²) in [5.74, 6) is 0.347. The molecule has 1 saturated heterocycles. The Morgan fingerprint density at radius 1 is 0.933 bits per heavy atom. The summed E-state index contributed by atoms with van der Waals surface area (Å²) in [5.41, 5.74) is 4.24. The zero-order chi connectivity index (χ0) is 20.8. The number of thioether (sulfide) groups is 1. The number of rotatable bonds is 7. The monoisotopic (exact) mass is 436 g/mol. The maximum Gasteiger partial charge on any atom is 0.234 e. The van der Waals surface area contributed by atoms with Crippen LogP contribution in [0.15, 0.2) is 78.9 Å². The SMILES string of the molecule is O=C(CSC(c1ccccc1)c1ccccc1)Nc1cc(Cl)ccc1N1CCCC1. The van der Waals surface area contributed by atoms with Crippen molar-refractivity contribution in [2.75, 3.05) is 29.1 Å². The largest absolute Gasteiger partial charge is 0.370 e. The van der Waals surface area contributed by atoms with Gasteiger partial charge in [-0.1, -0.05) is 72.3 Å². The highest BCUT2D eigenvalue weighted by atomic mass is 35.5. The highest BCUT2D eigenvalue weighted by Crippen LogP contribution is 2.36. The first-order chi connectivity index (χ1) is 14.7. The number of carbonyl (C=O) groups is 1. The summed E-state index contributed by atoms with van der Waals surface area (Å²) in [5, 5.41) is 3.84. The minimum atomic E-state index is -0.0143. The van der Waals surface area contributed by atoms with E-state index in [1.165, 1.54) is 24.0 Å². The summed E-state index contributed by atoms with van der Waals surface area (Å²) in [4.78, 5) is 15.2. The van der Waals surface area contributed by atoms with Gasteiger partial charge in [-0.15, -0.1) is 11.8 Å². The Labute approximate surface area is 187 Å². The van der Waals surface area contributed by atoms with Gasteiger partial charge >= 0.3 is 0 Å². The molecule has 1 N–H and O–H groups in total. The van der Waals surface area contributed by atoms with Crippen molar-refractivity contribution in [3.8, 4) is 0 Å². The molecule has 30 heavy (non-hydrogen) atoms. The van der Waals surface area contributed by atoms with Crippen LogP contribution in [-0.2, 0) is 4.79 Å². The lowest BCUT2D eigenvalue weighted by atomic mass is 10.0. The van der Waals surface area contributed by atoms with E-state index in [9.17, 15) is 4.79 Å². The van der Waals surface area contributed by atoms with E-state index in [2.05, 4.69) is 34.5 Å². The molecule has 0 radical (unpaired) electrons. The fraction of sp³-hybridized carbons (Fsp3) is 0.240. The van der Waals surface area contributed by atoms with Crippen LogP contribution in [-0.4, -0.2) is 24.7 Å². The second kappa shape index (κ2) is 10.1. The van der Waals surface area contributed by atoms with Gasteiger partial charge in [-0.2, -0.15) is 0 Å². The molecule has 1 aliphatic rings. The van der Waals surface area contributed by atoms with Crippen molar-refractivity contribution in [1.29, 1.82) is 0 Å². The van der Waals surface area contributed by atoms with Gasteiger partial charge in [0.15, 0.2) is 0 Å². The molecular weight excluding hydrogens is 412 g/mol. The lowest BCUT2D eigenvalue weighted by Gasteiger charge is -2.22. The summed E-state index contributed by atoms with van der Waals surface area (Å²) < 4.78 is 0. The van der Waals surface area contributed by atoms with Crippen LogP contribution in [0.5, 0.6) is 0 Å². The third-order valence-corrected chi connectivity index (χ3v) is 6.81. The Balaban J connectivity index is 1.48. The molecule has 1 fully saturated rings. The second-order valence-corrected chi connectivity index (χ2v) is 8.95. The van der Waals surface area contributed by atoms with Crippen LogP contribution in [0.25, 0.3) is 0 Å². The summed E-state index contributed by atoms with van der Waals surface area (Å²) >= 11 is 7.86. The number of anilines is 2. The number of hydrogen-bond acceptors (Lipinski definition) is 3. The van der Waals surface area contributed by atoms with Crippen molar-refractivity contribution in [3.63, 3.8) is 0 Å². The van der Waals surface area contributed by atoms with Crippen molar-refractivity contribution in [3.05, 3.63) is 95.0 Å². The lowest BCUT2D eigenvalue weighted by Crippen LogP contribution is -2.22. The average Bonchev–Trinajstić information content (AvgIpc) is 3.30. The Morgan fingerprint density at radius 3 is 2.13 bits per heavy atom. The molecule has 0 atom stereocenters. The van der Waals surface area contributed by atoms with Crippen LogP contribution >= 0.6 is 23.4 Å². The van der Waals surface area contributed by atoms with Gasteiger partial charge in [0, 0.05) is 18.1 Å². The van der Waals surface area contributed by atoms with Crippen LogP contribution in [0.1, 0.15) is 29.2 Å². The normalized spacial score (nSPS) is 13.6. The van der Waals surface area contributed by atoms with Crippen molar-refractivity contribution in [2.45, 2.75) is 18.1 Å². The Bertz CT molecular complexity index is 935. The van der Waals surface area contributed by atoms with Gasteiger partial charge in [0.1, 0.15) is 0 Å². The van der Waals surface area contributed by atoms with E-state index in [1.54, 1.807) is 11.8 Å². The minimum absolute atomic E-state index is 0.0143. The van der Waals surface area contributed by atoms with Crippen LogP contribution in [0.2, 0.25) is 5.02 Å². The van der Waals surface area contributed by atoms with E-state index in [4.69, 9.17) is 11.6 Å². The zero-order valence-electron chi connectivity index (χ0n) is 16.8. The lowest BCUT2D eigenvalue weighted by molar-refractivity contribution is -0.113. The van der Waals surface area contributed by atoms with Gasteiger partial charge in [0.05, 0.1) is 22.4 Å². The summed E-state index contributed by atoms with van der Waals surface area (Å²) in [6, 6.07) is 26.4. The number of amides is 1. The third kappa shape index (κ3) is 5.18. The molecule has 3 nitrogen and oxygen atoms in total. The first kappa shape index (κ1) is 20.8. The van der Waals surface area contributed by atoms with Crippen LogP contribution < -0.4 is 10.2 Å². The third-order valence-electron chi connectivity index (χ3n) is 5.27. The molecule has 3 aromatic rings. The van der Waals surface area contributed by atoms with Gasteiger partial charge in [0.25, 0.3) is 0 Å². The van der Waals surface area contributed by atoms with Crippen LogP contribution in [0.3, 0.4) is 0 Å². The fourth-order valence-electron chi connectivity index (χ4n) is 3.83. The van der Waals surface area contributed by atoms with E-state index in [-0.39, 0.29) is 11.2 Å². The molecule has 3 aromatic carbocycles. The predicted octanol–water partition coefficient (Wildman–Crippen LogP) is 6.40. The number of carbonyl (C=O) groups excluding carboxylic acids is 1. The Morgan fingerprint density at radius 2 is 1.53 bits per heavy atom. The second-order valence-electron chi connectivity index (χ2n) is 7.42. The standard InChI is InChI=1S/C25H25ClN2OS/c26-21-13-14-23(28-15-7-8-16-28)22(17-21)27-24(29)18-30-25(19-9-3-1-4-10-19)20-11-5-2-6-12-20/h1-6,9-14,17,25H,7-8,15-16,18H2,(H,27,29). The van der Waals surface area contributed by atoms with Crippen LogP contribution in [0, 0.1) is 0 Å². The smallest absolute Gasteiger partial charge is 0.234 e. The summed E-state index contributed by atoms with van der Waals surface area (Å²) in [6.45, 7) is 2.03. The van der Waals surface area contributed by atoms with Crippen molar-refractivity contribution in [1.82, 2.24) is 0 Å². The molecule has 0 spiro atoms. The van der Waals surface area contributed by atoms with E-state index >= 15 is 0 Å². The highest BCUT2D eigenvalue weighted by molar-refractivity contribution is 8.00. The Kier molecular flexibility index (Phi) is 6.98. The molecule has 1 heterocycles. The van der Waals surface area contributed by atoms with Crippen LogP contribution in [0.4, 0.5) is 11.4 Å². The zero-order valence-corrected chi connectivity index (χ0v) is 18.3. The van der Waals surface area contributed by atoms with Gasteiger partial charge < -0.3 is 10.2 Å². The number of hydrogen-bond donors (Lipinski definition) is 1. The quantitative estimate of drug-likeness (QED) is 0.465. The Hall–Kier alpha value is -2.43. The first-order valence-corrected chi connectivity index (χ1v) is 11.7. The van der Waals surface area contributed by atoms with Gasteiger partial charge in [-0.3, -0.25) is 4.79 Å². The molecule has 0 saturated carbocycles. The summed E-state index contributed by atoms with van der Waals surface area (Å²) in [7, 11) is 0. The van der Waals surface area contributed by atoms with Crippen molar-refractivity contribution >= 4 is 40.6 Å². The highest BCUT2D eigenvalue weighted by Gasteiger charge is 2.19. The van der Waals surface area contributed by atoms with Gasteiger partial charge in [0.2, 0.25) is 5.91 Å². The molecule has 4 rings (SSSR count). The molecule has 5 heteroatoms.